The van der Waals surface area contributed by atoms with Crippen molar-refractivity contribution in [3.05, 3.63) is 35.9 Å². The third-order valence-electron chi connectivity index (χ3n) is 4.72. The normalized spacial score (nSPS) is 15.4. The highest BCUT2D eigenvalue weighted by atomic mass is 16.4. The summed E-state index contributed by atoms with van der Waals surface area (Å²) in [4.78, 5) is 27.1. The summed E-state index contributed by atoms with van der Waals surface area (Å²) >= 11 is 0. The van der Waals surface area contributed by atoms with E-state index in [2.05, 4.69) is 10.3 Å². The van der Waals surface area contributed by atoms with Gasteiger partial charge < -0.3 is 26.5 Å². The smallest absolute Gasteiger partial charge is 0.405 e. The number of pyridine rings is 1. The van der Waals surface area contributed by atoms with Gasteiger partial charge in [0.25, 0.3) is 5.91 Å². The van der Waals surface area contributed by atoms with Crippen LogP contribution in [0.5, 0.6) is 0 Å². The number of para-hydroxylation sites is 1. The van der Waals surface area contributed by atoms with Crippen LogP contribution in [0.15, 0.2) is 30.3 Å². The summed E-state index contributed by atoms with van der Waals surface area (Å²) < 4.78 is 1.95. The minimum atomic E-state index is -1.04. The molecule has 0 unspecified atom stereocenters. The van der Waals surface area contributed by atoms with E-state index in [1.807, 2.05) is 28.8 Å². The number of primary amides is 1. The van der Waals surface area contributed by atoms with E-state index in [1.54, 1.807) is 6.07 Å². The van der Waals surface area contributed by atoms with E-state index >= 15 is 0 Å². The summed E-state index contributed by atoms with van der Waals surface area (Å²) in [5.41, 5.74) is 12.5. The molecular formula is C17H17N5O3. The van der Waals surface area contributed by atoms with Gasteiger partial charge in [-0.1, -0.05) is 18.2 Å². The van der Waals surface area contributed by atoms with Crippen LogP contribution in [0.25, 0.3) is 21.9 Å². The van der Waals surface area contributed by atoms with E-state index in [0.717, 1.165) is 29.1 Å². The molecule has 2 heterocycles. The molecular weight excluding hydrogens is 322 g/mol. The summed E-state index contributed by atoms with van der Waals surface area (Å²) in [5.74, 6) is -0.560. The largest absolute Gasteiger partial charge is 0.465 e. The first-order chi connectivity index (χ1) is 11.9. The van der Waals surface area contributed by atoms with Gasteiger partial charge in [-0.3, -0.25) is 4.79 Å². The summed E-state index contributed by atoms with van der Waals surface area (Å²) in [6.45, 7) is 0.450. The number of anilines is 1. The van der Waals surface area contributed by atoms with Gasteiger partial charge in [-0.25, -0.2) is 9.78 Å². The summed E-state index contributed by atoms with van der Waals surface area (Å²) in [5, 5.41) is 13.4. The zero-order chi connectivity index (χ0) is 17.8. The van der Waals surface area contributed by atoms with Gasteiger partial charge in [0.05, 0.1) is 16.6 Å². The summed E-state index contributed by atoms with van der Waals surface area (Å²) in [6.07, 6.45) is 0.492. The SMILES string of the molecule is NC(=O)c1cc2c3ccccc3n(CC3(NC(=O)O)CC3)c2nc1N. The fraction of sp³-hybridized carbons (Fsp3) is 0.235. The Morgan fingerprint density at radius 1 is 1.28 bits per heavy atom. The molecule has 1 saturated carbocycles. The van der Waals surface area contributed by atoms with Crippen molar-refractivity contribution in [2.75, 3.05) is 5.73 Å². The Morgan fingerprint density at radius 2 is 2.00 bits per heavy atom. The second-order valence-corrected chi connectivity index (χ2v) is 6.47. The zero-order valence-electron chi connectivity index (χ0n) is 13.3. The number of carbonyl (C=O) groups excluding carboxylic acids is 1. The Morgan fingerprint density at radius 3 is 2.64 bits per heavy atom. The molecule has 0 radical (unpaired) electrons. The van der Waals surface area contributed by atoms with E-state index in [0.29, 0.717) is 12.2 Å². The van der Waals surface area contributed by atoms with E-state index < -0.39 is 17.5 Å². The molecule has 0 spiro atoms. The van der Waals surface area contributed by atoms with Crippen molar-refractivity contribution >= 4 is 39.8 Å². The maximum atomic E-state index is 11.6. The molecule has 4 rings (SSSR count). The molecule has 25 heavy (non-hydrogen) atoms. The Balaban J connectivity index is 1.94. The quantitative estimate of drug-likeness (QED) is 0.573. The number of fused-ring (bicyclic) bond motifs is 3. The molecule has 3 aromatic rings. The molecule has 1 aliphatic rings. The van der Waals surface area contributed by atoms with Crippen LogP contribution in [0, 0.1) is 0 Å². The van der Waals surface area contributed by atoms with Gasteiger partial charge in [-0.05, 0) is 25.0 Å². The van der Waals surface area contributed by atoms with Crippen LogP contribution in [0.1, 0.15) is 23.2 Å². The van der Waals surface area contributed by atoms with Crippen LogP contribution in [0.2, 0.25) is 0 Å². The predicted molar refractivity (Wildman–Crippen MR) is 93.3 cm³/mol. The van der Waals surface area contributed by atoms with Crippen molar-refractivity contribution < 1.29 is 14.7 Å². The first kappa shape index (κ1) is 15.3. The Hall–Kier alpha value is -3.29. The number of hydrogen-bond acceptors (Lipinski definition) is 4. The molecule has 2 aromatic heterocycles. The molecule has 0 bridgehead atoms. The van der Waals surface area contributed by atoms with Crippen LogP contribution in [0.3, 0.4) is 0 Å². The number of amides is 2. The maximum absolute atomic E-state index is 11.6. The number of rotatable bonds is 4. The number of carboxylic acid groups (broad SMARTS) is 1. The van der Waals surface area contributed by atoms with Crippen LogP contribution in [-0.4, -0.2) is 32.2 Å². The number of aromatic nitrogens is 2. The number of nitrogen functional groups attached to an aromatic ring is 1. The van der Waals surface area contributed by atoms with Crippen molar-refractivity contribution in [3.8, 4) is 0 Å². The fourth-order valence-corrected chi connectivity index (χ4v) is 3.33. The van der Waals surface area contributed by atoms with Gasteiger partial charge in [-0.15, -0.1) is 0 Å². The van der Waals surface area contributed by atoms with Gasteiger partial charge >= 0.3 is 6.09 Å². The zero-order valence-corrected chi connectivity index (χ0v) is 13.3. The van der Waals surface area contributed by atoms with Crippen LogP contribution in [-0.2, 0) is 6.54 Å². The fourth-order valence-electron chi connectivity index (χ4n) is 3.33. The number of nitrogens with zero attached hydrogens (tertiary/aromatic N) is 2. The molecule has 128 valence electrons. The van der Waals surface area contributed by atoms with Crippen molar-refractivity contribution in [2.24, 2.45) is 5.73 Å². The Bertz CT molecular complexity index is 1040. The molecule has 6 N–H and O–H groups in total. The second kappa shape index (κ2) is 5.10. The highest BCUT2D eigenvalue weighted by molar-refractivity contribution is 6.10. The highest BCUT2D eigenvalue weighted by Gasteiger charge is 2.45. The van der Waals surface area contributed by atoms with E-state index in [1.165, 1.54) is 0 Å². The molecule has 8 heteroatoms. The minimum Gasteiger partial charge on any atom is -0.465 e. The lowest BCUT2D eigenvalue weighted by Gasteiger charge is -2.17. The minimum absolute atomic E-state index is 0.0695. The lowest BCUT2D eigenvalue weighted by molar-refractivity contribution is 0.100. The number of nitrogens with two attached hydrogens (primary N) is 2. The van der Waals surface area contributed by atoms with Gasteiger partial charge in [0.15, 0.2) is 0 Å². The van der Waals surface area contributed by atoms with Gasteiger partial charge in [0, 0.05) is 17.3 Å². The number of benzene rings is 1. The highest BCUT2D eigenvalue weighted by Crippen LogP contribution is 2.40. The predicted octanol–water partition coefficient (Wildman–Crippen LogP) is 1.67. The van der Waals surface area contributed by atoms with E-state index in [4.69, 9.17) is 16.6 Å². The average molecular weight is 339 g/mol. The molecule has 1 fully saturated rings. The number of carbonyl (C=O) groups is 2. The molecule has 1 aromatic carbocycles. The second-order valence-electron chi connectivity index (χ2n) is 6.47. The summed E-state index contributed by atoms with van der Waals surface area (Å²) in [7, 11) is 0. The van der Waals surface area contributed by atoms with E-state index in [9.17, 15) is 9.59 Å². The Kier molecular flexibility index (Phi) is 3.11. The van der Waals surface area contributed by atoms with Crippen LogP contribution < -0.4 is 16.8 Å². The monoisotopic (exact) mass is 339 g/mol. The molecule has 0 aliphatic heterocycles. The van der Waals surface area contributed by atoms with Gasteiger partial charge in [0.2, 0.25) is 0 Å². The molecule has 0 saturated heterocycles. The van der Waals surface area contributed by atoms with Crippen LogP contribution >= 0.6 is 0 Å². The maximum Gasteiger partial charge on any atom is 0.405 e. The molecule has 2 amide bonds. The first-order valence-corrected chi connectivity index (χ1v) is 7.89. The van der Waals surface area contributed by atoms with E-state index in [-0.39, 0.29) is 11.4 Å². The van der Waals surface area contributed by atoms with Crippen molar-refractivity contribution in [1.82, 2.24) is 14.9 Å². The third kappa shape index (κ3) is 2.42. The molecule has 8 nitrogen and oxygen atoms in total. The molecule has 1 aliphatic carbocycles. The van der Waals surface area contributed by atoms with Crippen molar-refractivity contribution in [2.45, 2.75) is 24.9 Å². The summed E-state index contributed by atoms with van der Waals surface area (Å²) in [6, 6.07) is 9.33. The Labute approximate surface area is 142 Å². The van der Waals surface area contributed by atoms with Crippen LogP contribution in [0.4, 0.5) is 10.6 Å². The lowest BCUT2D eigenvalue weighted by atomic mass is 10.1. The standard InChI is InChI=1S/C17H17N5O3/c18-13-11(14(19)23)7-10-9-3-1-2-4-12(9)22(15(10)20-13)8-17(5-6-17)21-16(24)25/h1-4,7,21H,5-6,8H2,(H2,18,20)(H2,19,23)(H,24,25). The van der Waals surface area contributed by atoms with Crippen molar-refractivity contribution in [3.63, 3.8) is 0 Å². The third-order valence-corrected chi connectivity index (χ3v) is 4.72. The number of hydrogen-bond donors (Lipinski definition) is 4. The van der Waals surface area contributed by atoms with Crippen molar-refractivity contribution in [1.29, 1.82) is 0 Å². The lowest BCUT2D eigenvalue weighted by Crippen LogP contribution is -2.39. The number of nitrogens with one attached hydrogen (secondary N) is 1. The van der Waals surface area contributed by atoms with Gasteiger partial charge in [0.1, 0.15) is 11.5 Å². The average Bonchev–Trinajstić information content (AvgIpc) is 3.24. The topological polar surface area (TPSA) is 136 Å². The molecule has 0 atom stereocenters. The first-order valence-electron chi connectivity index (χ1n) is 7.89. The van der Waals surface area contributed by atoms with Gasteiger partial charge in [-0.2, -0.15) is 0 Å².